The highest BCUT2D eigenvalue weighted by Gasteiger charge is 2.15. The highest BCUT2D eigenvalue weighted by Crippen LogP contribution is 2.13. The van der Waals surface area contributed by atoms with E-state index >= 15 is 0 Å². The Kier molecular flexibility index (Phi) is 4.35. The molecule has 0 bridgehead atoms. The molecule has 0 fully saturated rings. The minimum Gasteiger partial charge on any atom is -0.508 e. The highest BCUT2D eigenvalue weighted by atomic mass is 16.3. The molecule has 0 aliphatic carbocycles. The van der Waals surface area contributed by atoms with Crippen LogP contribution >= 0.6 is 0 Å². The summed E-state index contributed by atoms with van der Waals surface area (Å²) >= 11 is 0. The van der Waals surface area contributed by atoms with E-state index in [4.69, 9.17) is 0 Å². The van der Waals surface area contributed by atoms with Gasteiger partial charge in [0, 0.05) is 17.8 Å². The van der Waals surface area contributed by atoms with Crippen LogP contribution in [0.25, 0.3) is 0 Å². The van der Waals surface area contributed by atoms with Crippen molar-refractivity contribution in [3.63, 3.8) is 0 Å². The second-order valence-electron chi connectivity index (χ2n) is 4.64. The molecule has 1 amide bonds. The van der Waals surface area contributed by atoms with Crippen molar-refractivity contribution in [2.45, 2.75) is 20.4 Å². The van der Waals surface area contributed by atoms with Gasteiger partial charge in [0.15, 0.2) is 0 Å². The Balaban J connectivity index is 2.15. The topological polar surface area (TPSA) is 53.4 Å². The van der Waals surface area contributed by atoms with Crippen LogP contribution in [0.3, 0.4) is 0 Å². The number of nitrogens with zero attached hydrogens (tertiary/aromatic N) is 2. The molecule has 104 valence electrons. The van der Waals surface area contributed by atoms with Gasteiger partial charge >= 0.3 is 0 Å². The summed E-state index contributed by atoms with van der Waals surface area (Å²) in [6.45, 7) is 4.96. The number of aromatic hydroxyl groups is 1. The second-order valence-corrected chi connectivity index (χ2v) is 4.64. The third-order valence-corrected chi connectivity index (χ3v) is 3.08. The number of carbonyl (C=O) groups is 1. The second kappa shape index (κ2) is 6.19. The van der Waals surface area contributed by atoms with Gasteiger partial charge < -0.3 is 10.0 Å². The quantitative estimate of drug-likeness (QED) is 0.929. The molecule has 0 saturated carbocycles. The van der Waals surface area contributed by atoms with E-state index in [0.29, 0.717) is 18.7 Å². The summed E-state index contributed by atoms with van der Waals surface area (Å²) in [5.74, 6) is 0.0979. The van der Waals surface area contributed by atoms with Crippen LogP contribution in [-0.2, 0) is 6.54 Å². The number of phenolic OH excluding ortho intramolecular Hbond substituents is 1. The van der Waals surface area contributed by atoms with Crippen LogP contribution in [0.15, 0.2) is 42.5 Å². The minimum absolute atomic E-state index is 0.0594. The van der Waals surface area contributed by atoms with Crippen LogP contribution in [0.4, 0.5) is 0 Å². The number of pyridine rings is 1. The van der Waals surface area contributed by atoms with Crippen LogP contribution in [0.2, 0.25) is 0 Å². The Morgan fingerprint density at radius 1 is 1.20 bits per heavy atom. The average molecular weight is 270 g/mol. The van der Waals surface area contributed by atoms with E-state index in [0.717, 1.165) is 11.4 Å². The molecule has 0 atom stereocenters. The largest absolute Gasteiger partial charge is 0.508 e. The Labute approximate surface area is 118 Å². The normalized spacial score (nSPS) is 10.3. The zero-order chi connectivity index (χ0) is 14.5. The molecule has 0 spiro atoms. The molecule has 1 heterocycles. The first-order chi connectivity index (χ1) is 9.60. The molecule has 2 rings (SSSR count). The van der Waals surface area contributed by atoms with Crippen molar-refractivity contribution in [3.05, 3.63) is 59.4 Å². The van der Waals surface area contributed by atoms with E-state index in [-0.39, 0.29) is 11.7 Å². The number of hydrogen-bond acceptors (Lipinski definition) is 3. The maximum absolute atomic E-state index is 12.4. The Morgan fingerprint density at radius 3 is 2.50 bits per heavy atom. The third-order valence-electron chi connectivity index (χ3n) is 3.08. The van der Waals surface area contributed by atoms with Gasteiger partial charge in [0.1, 0.15) is 5.75 Å². The molecule has 1 aromatic heterocycles. The van der Waals surface area contributed by atoms with Gasteiger partial charge in [-0.05, 0) is 50.2 Å². The maximum Gasteiger partial charge on any atom is 0.254 e. The van der Waals surface area contributed by atoms with Crippen molar-refractivity contribution in [2.24, 2.45) is 0 Å². The van der Waals surface area contributed by atoms with E-state index in [9.17, 15) is 9.90 Å². The van der Waals surface area contributed by atoms with Crippen LogP contribution in [-0.4, -0.2) is 27.4 Å². The molecular weight excluding hydrogens is 252 g/mol. The van der Waals surface area contributed by atoms with Crippen LogP contribution in [0.1, 0.15) is 28.7 Å². The number of aromatic nitrogens is 1. The van der Waals surface area contributed by atoms with Gasteiger partial charge in [-0.1, -0.05) is 6.07 Å². The van der Waals surface area contributed by atoms with Gasteiger partial charge in [0.2, 0.25) is 0 Å². The molecule has 4 nitrogen and oxygen atoms in total. The van der Waals surface area contributed by atoms with E-state index in [1.54, 1.807) is 17.0 Å². The third kappa shape index (κ3) is 3.35. The fourth-order valence-electron chi connectivity index (χ4n) is 2.00. The lowest BCUT2D eigenvalue weighted by molar-refractivity contribution is 0.0750. The van der Waals surface area contributed by atoms with Crippen molar-refractivity contribution in [3.8, 4) is 5.75 Å². The average Bonchev–Trinajstić information content (AvgIpc) is 2.45. The Morgan fingerprint density at radius 2 is 1.90 bits per heavy atom. The SMILES string of the molecule is CCN(Cc1cccc(C)n1)C(=O)c1ccc(O)cc1. The molecule has 0 aliphatic heterocycles. The lowest BCUT2D eigenvalue weighted by Gasteiger charge is -2.20. The van der Waals surface area contributed by atoms with Gasteiger partial charge in [-0.2, -0.15) is 0 Å². The van der Waals surface area contributed by atoms with E-state index in [2.05, 4.69) is 4.98 Å². The number of amides is 1. The molecule has 0 aliphatic rings. The zero-order valence-corrected chi connectivity index (χ0v) is 11.7. The van der Waals surface area contributed by atoms with E-state index in [1.807, 2.05) is 32.0 Å². The van der Waals surface area contributed by atoms with E-state index in [1.165, 1.54) is 12.1 Å². The molecular formula is C16H18N2O2. The van der Waals surface area contributed by atoms with Gasteiger partial charge in [-0.25, -0.2) is 0 Å². The van der Waals surface area contributed by atoms with Crippen molar-refractivity contribution in [2.75, 3.05) is 6.54 Å². The summed E-state index contributed by atoms with van der Waals surface area (Å²) in [6.07, 6.45) is 0. The highest BCUT2D eigenvalue weighted by molar-refractivity contribution is 5.94. The van der Waals surface area contributed by atoms with Crippen molar-refractivity contribution in [1.82, 2.24) is 9.88 Å². The minimum atomic E-state index is -0.0594. The summed E-state index contributed by atoms with van der Waals surface area (Å²) in [7, 11) is 0. The molecule has 0 saturated heterocycles. The summed E-state index contributed by atoms with van der Waals surface area (Å²) in [6, 6.07) is 12.1. The monoisotopic (exact) mass is 270 g/mol. The zero-order valence-electron chi connectivity index (χ0n) is 11.7. The molecule has 20 heavy (non-hydrogen) atoms. The maximum atomic E-state index is 12.4. The van der Waals surface area contributed by atoms with Gasteiger partial charge in [-0.3, -0.25) is 9.78 Å². The lowest BCUT2D eigenvalue weighted by Crippen LogP contribution is -2.30. The molecule has 0 radical (unpaired) electrons. The number of rotatable bonds is 4. The first-order valence-electron chi connectivity index (χ1n) is 6.61. The number of benzene rings is 1. The van der Waals surface area contributed by atoms with Crippen molar-refractivity contribution in [1.29, 1.82) is 0 Å². The Bertz CT molecular complexity index is 594. The number of carbonyl (C=O) groups excluding carboxylic acids is 1. The first-order valence-corrected chi connectivity index (χ1v) is 6.61. The summed E-state index contributed by atoms with van der Waals surface area (Å²) in [5.41, 5.74) is 2.38. The van der Waals surface area contributed by atoms with Crippen LogP contribution in [0.5, 0.6) is 5.75 Å². The van der Waals surface area contributed by atoms with Gasteiger partial charge in [-0.15, -0.1) is 0 Å². The summed E-state index contributed by atoms with van der Waals surface area (Å²) < 4.78 is 0. The number of phenols is 1. The fourth-order valence-corrected chi connectivity index (χ4v) is 2.00. The van der Waals surface area contributed by atoms with Gasteiger partial charge in [0.25, 0.3) is 5.91 Å². The van der Waals surface area contributed by atoms with Gasteiger partial charge in [0.05, 0.1) is 12.2 Å². The standard InChI is InChI=1S/C16H18N2O2/c1-3-18(11-14-6-4-5-12(2)17-14)16(20)13-7-9-15(19)10-8-13/h4-10,19H,3,11H2,1-2H3. The van der Waals surface area contributed by atoms with Crippen LogP contribution < -0.4 is 0 Å². The predicted molar refractivity (Wildman–Crippen MR) is 77.5 cm³/mol. The molecule has 1 N–H and O–H groups in total. The van der Waals surface area contributed by atoms with Crippen molar-refractivity contribution >= 4 is 5.91 Å². The summed E-state index contributed by atoms with van der Waals surface area (Å²) in [5, 5.41) is 9.27. The number of hydrogen-bond donors (Lipinski definition) is 1. The Hall–Kier alpha value is -2.36. The molecule has 4 heteroatoms. The predicted octanol–water partition coefficient (Wildman–Crippen LogP) is 2.76. The smallest absolute Gasteiger partial charge is 0.254 e. The summed E-state index contributed by atoms with van der Waals surface area (Å²) in [4.78, 5) is 18.5. The van der Waals surface area contributed by atoms with E-state index < -0.39 is 0 Å². The molecule has 1 aromatic carbocycles. The van der Waals surface area contributed by atoms with Crippen LogP contribution in [0, 0.1) is 6.92 Å². The molecule has 2 aromatic rings. The fraction of sp³-hybridized carbons (Fsp3) is 0.250. The van der Waals surface area contributed by atoms with Crippen molar-refractivity contribution < 1.29 is 9.90 Å². The first kappa shape index (κ1) is 14.1. The molecule has 0 unspecified atom stereocenters. The lowest BCUT2D eigenvalue weighted by atomic mass is 10.2. The number of aryl methyl sites for hydroxylation is 1.